The van der Waals surface area contributed by atoms with Crippen molar-refractivity contribution in [3.63, 3.8) is 0 Å². The van der Waals surface area contributed by atoms with Gasteiger partial charge in [0, 0.05) is 18.0 Å². The van der Waals surface area contributed by atoms with Gasteiger partial charge < -0.3 is 31.3 Å². The maximum Gasteiger partial charge on any atom is 0.247 e. The summed E-state index contributed by atoms with van der Waals surface area (Å²) in [6.07, 6.45) is 2.25. The number of carbonyl (C=O) groups is 3. The third-order valence-electron chi connectivity index (χ3n) is 7.15. The minimum Gasteiger partial charge on any atom is -0.494 e. The molecule has 5 N–H and O–H groups in total. The van der Waals surface area contributed by atoms with E-state index >= 15 is 0 Å². The number of benzene rings is 2. The van der Waals surface area contributed by atoms with E-state index in [9.17, 15) is 23.2 Å². The Morgan fingerprint density at radius 2 is 1.86 bits per heavy atom. The van der Waals surface area contributed by atoms with Crippen LogP contribution in [-0.4, -0.2) is 64.4 Å². The van der Waals surface area contributed by atoms with Crippen molar-refractivity contribution in [2.75, 3.05) is 24.3 Å². The number of nitrogens with one attached hydrogen (secondary N) is 3. The lowest BCUT2D eigenvalue weighted by atomic mass is 9.85. The maximum atomic E-state index is 14.6. The molecule has 3 aromatic rings. The van der Waals surface area contributed by atoms with Crippen LogP contribution in [0.25, 0.3) is 10.9 Å². The SMILES string of the molecule is COc1cc2ncnc(Nc3ccc(F)c(Cl)c3F)c2cc1NC(=O)C1CCCN1C(=O)[C@@H](NC(=O)[C@H](C)N)C(C)(C)C.Cl. The highest BCUT2D eigenvalue weighted by atomic mass is 35.5. The molecule has 0 spiro atoms. The molecule has 11 nitrogen and oxygen atoms in total. The second-order valence-electron chi connectivity index (χ2n) is 11.4. The van der Waals surface area contributed by atoms with Gasteiger partial charge in [-0.3, -0.25) is 14.4 Å². The lowest BCUT2D eigenvalue weighted by Gasteiger charge is -2.35. The minimum absolute atomic E-state index is 0. The van der Waals surface area contributed by atoms with Crippen LogP contribution < -0.4 is 26.4 Å². The van der Waals surface area contributed by atoms with E-state index in [1.807, 2.05) is 20.8 Å². The first kappa shape index (κ1) is 34.7. The van der Waals surface area contributed by atoms with Crippen molar-refractivity contribution < 1.29 is 27.9 Å². The minimum atomic E-state index is -0.993. The van der Waals surface area contributed by atoms with Crippen LogP contribution in [0.2, 0.25) is 5.02 Å². The summed E-state index contributed by atoms with van der Waals surface area (Å²) >= 11 is 5.73. The zero-order valence-corrected chi connectivity index (χ0v) is 26.4. The standard InChI is InChI=1S/C29H34ClF2N7O4.ClH/c1-14(33)26(40)38-24(29(2,3)4)28(42)39-10-6-7-20(39)27(41)37-19-11-15-18(12-21(19)43-5)34-13-35-25(15)36-17-9-8-16(31)22(30)23(17)32;/h8-9,11-14,20,24H,6-7,10,33H2,1-5H3,(H,37,41)(H,38,40)(H,34,35,36);1H/t14-,20?,24+;/m0./s1. The summed E-state index contributed by atoms with van der Waals surface area (Å²) in [5, 5.41) is 8.10. The van der Waals surface area contributed by atoms with Crippen LogP contribution in [0.5, 0.6) is 5.75 Å². The lowest BCUT2D eigenvalue weighted by molar-refractivity contribution is -0.142. The molecular formula is C29H35Cl2F2N7O4. The molecule has 1 aliphatic rings. The Bertz CT molecular complexity index is 1570. The second-order valence-corrected chi connectivity index (χ2v) is 11.8. The number of amides is 3. The van der Waals surface area contributed by atoms with E-state index in [-0.39, 0.29) is 41.3 Å². The number of nitrogens with zero attached hydrogens (tertiary/aromatic N) is 3. The van der Waals surface area contributed by atoms with Crippen LogP contribution in [-0.2, 0) is 14.4 Å². The van der Waals surface area contributed by atoms with E-state index in [2.05, 4.69) is 25.9 Å². The maximum absolute atomic E-state index is 14.6. The van der Waals surface area contributed by atoms with Gasteiger partial charge in [-0.1, -0.05) is 32.4 Å². The molecule has 3 amide bonds. The van der Waals surface area contributed by atoms with Crippen LogP contribution in [0.15, 0.2) is 30.6 Å². The summed E-state index contributed by atoms with van der Waals surface area (Å²) in [6.45, 7) is 7.32. The largest absolute Gasteiger partial charge is 0.494 e. The van der Waals surface area contributed by atoms with Crippen molar-refractivity contribution in [1.29, 1.82) is 0 Å². The van der Waals surface area contributed by atoms with Gasteiger partial charge in [-0.2, -0.15) is 0 Å². The average molecular weight is 655 g/mol. The molecule has 0 bridgehead atoms. The van der Waals surface area contributed by atoms with Gasteiger partial charge in [-0.15, -0.1) is 12.4 Å². The third kappa shape index (κ3) is 7.28. The highest BCUT2D eigenvalue weighted by Gasteiger charge is 2.42. The van der Waals surface area contributed by atoms with E-state index in [1.54, 1.807) is 12.1 Å². The van der Waals surface area contributed by atoms with Crippen LogP contribution in [0.1, 0.15) is 40.5 Å². The molecule has 0 radical (unpaired) electrons. The van der Waals surface area contributed by atoms with Crippen LogP contribution in [0.4, 0.5) is 26.0 Å². The Morgan fingerprint density at radius 3 is 2.50 bits per heavy atom. The molecule has 1 aliphatic heterocycles. The molecule has 2 aromatic carbocycles. The molecule has 1 unspecified atom stereocenters. The Hall–Kier alpha value is -3.81. The van der Waals surface area contributed by atoms with Crippen molar-refractivity contribution in [3.8, 4) is 5.75 Å². The first-order valence-electron chi connectivity index (χ1n) is 13.6. The summed E-state index contributed by atoms with van der Waals surface area (Å²) < 4.78 is 33.8. The predicted molar refractivity (Wildman–Crippen MR) is 166 cm³/mol. The number of anilines is 3. The normalized spacial score (nSPS) is 16.1. The first-order chi connectivity index (χ1) is 20.2. The van der Waals surface area contributed by atoms with Crippen LogP contribution in [0, 0.1) is 17.0 Å². The monoisotopic (exact) mass is 653 g/mol. The Balaban J connectivity index is 0.00000529. The molecule has 1 fully saturated rings. The van der Waals surface area contributed by atoms with Crippen molar-refractivity contribution in [2.24, 2.45) is 11.1 Å². The average Bonchev–Trinajstić information content (AvgIpc) is 3.45. The smallest absolute Gasteiger partial charge is 0.247 e. The predicted octanol–water partition coefficient (Wildman–Crippen LogP) is 4.54. The number of methoxy groups -OCH3 is 1. The summed E-state index contributed by atoms with van der Waals surface area (Å²) in [5.74, 6) is -2.76. The molecule has 1 saturated heterocycles. The van der Waals surface area contributed by atoms with Gasteiger partial charge in [0.1, 0.15) is 40.8 Å². The van der Waals surface area contributed by atoms with E-state index in [0.717, 1.165) is 6.07 Å². The summed E-state index contributed by atoms with van der Waals surface area (Å²) in [6, 6.07) is 2.81. The van der Waals surface area contributed by atoms with Gasteiger partial charge in [0.05, 0.1) is 30.0 Å². The van der Waals surface area contributed by atoms with Gasteiger partial charge in [0.2, 0.25) is 17.7 Å². The molecule has 0 aliphatic carbocycles. The van der Waals surface area contributed by atoms with E-state index in [0.29, 0.717) is 30.3 Å². The van der Waals surface area contributed by atoms with Gasteiger partial charge in [-0.05, 0) is 43.4 Å². The van der Waals surface area contributed by atoms with Crippen molar-refractivity contribution in [2.45, 2.75) is 58.7 Å². The van der Waals surface area contributed by atoms with Gasteiger partial charge in [0.25, 0.3) is 0 Å². The number of halogens is 4. The number of fused-ring (bicyclic) bond motifs is 1. The Morgan fingerprint density at radius 1 is 1.16 bits per heavy atom. The highest BCUT2D eigenvalue weighted by molar-refractivity contribution is 6.31. The molecule has 238 valence electrons. The Kier molecular flexibility index (Phi) is 10.9. The number of rotatable bonds is 8. The molecule has 4 rings (SSSR count). The molecule has 2 heterocycles. The fraction of sp³-hybridized carbons (Fsp3) is 0.414. The van der Waals surface area contributed by atoms with E-state index < -0.39 is 52.0 Å². The lowest BCUT2D eigenvalue weighted by Crippen LogP contribution is -2.59. The number of hydrogen-bond donors (Lipinski definition) is 4. The second kappa shape index (κ2) is 13.9. The molecule has 3 atom stereocenters. The number of carbonyl (C=O) groups excluding carboxylic acids is 3. The van der Waals surface area contributed by atoms with Gasteiger partial charge >= 0.3 is 0 Å². The van der Waals surface area contributed by atoms with Gasteiger partial charge in [0.15, 0.2) is 5.82 Å². The molecule has 44 heavy (non-hydrogen) atoms. The highest BCUT2D eigenvalue weighted by Crippen LogP contribution is 2.35. The Labute approximate surface area is 264 Å². The fourth-order valence-corrected chi connectivity index (χ4v) is 4.97. The van der Waals surface area contributed by atoms with Crippen LogP contribution >= 0.6 is 24.0 Å². The van der Waals surface area contributed by atoms with E-state index in [1.165, 1.54) is 31.3 Å². The molecule has 1 aromatic heterocycles. The number of likely N-dealkylation sites (tertiary alicyclic amines) is 1. The number of nitrogens with two attached hydrogens (primary N) is 1. The zero-order valence-electron chi connectivity index (χ0n) is 24.8. The molecule has 15 heteroatoms. The quantitative estimate of drug-likeness (QED) is 0.259. The van der Waals surface area contributed by atoms with Crippen molar-refractivity contribution in [3.05, 3.63) is 47.2 Å². The summed E-state index contributed by atoms with van der Waals surface area (Å²) in [4.78, 5) is 49.6. The number of aromatic nitrogens is 2. The topological polar surface area (TPSA) is 152 Å². The molecule has 0 saturated carbocycles. The number of hydrogen-bond acceptors (Lipinski definition) is 8. The third-order valence-corrected chi connectivity index (χ3v) is 7.50. The van der Waals surface area contributed by atoms with Crippen LogP contribution in [0.3, 0.4) is 0 Å². The van der Waals surface area contributed by atoms with Gasteiger partial charge in [-0.25, -0.2) is 18.7 Å². The van der Waals surface area contributed by atoms with Crippen molar-refractivity contribution in [1.82, 2.24) is 20.2 Å². The molecular weight excluding hydrogens is 619 g/mol. The number of ether oxygens (including phenoxy) is 1. The summed E-state index contributed by atoms with van der Waals surface area (Å²) in [7, 11) is 1.42. The zero-order chi connectivity index (χ0) is 31.6. The van der Waals surface area contributed by atoms with Crippen molar-refractivity contribution >= 4 is 69.8 Å². The fourth-order valence-electron chi connectivity index (χ4n) is 4.81. The van der Waals surface area contributed by atoms with E-state index in [4.69, 9.17) is 22.1 Å². The summed E-state index contributed by atoms with van der Waals surface area (Å²) in [5.41, 5.74) is 5.63. The first-order valence-corrected chi connectivity index (χ1v) is 14.0.